The lowest BCUT2D eigenvalue weighted by molar-refractivity contribution is -0.133. The SMILES string of the molecule is COCCN(CC(=O)N1N=C(c2cccs2)CC1c1cccs1)C(=O)c1ccccc1F. The van der Waals surface area contributed by atoms with E-state index in [4.69, 9.17) is 4.74 Å². The molecule has 1 aliphatic heterocycles. The standard InChI is InChI=1S/C23H22FN3O3S2/c1-30-11-10-26(23(29)16-6-2-3-7-17(16)24)15-22(28)27-19(21-9-5-13-32-21)14-18(25-27)20-8-4-12-31-20/h2-9,12-13,19H,10-11,14-15H2,1H3. The highest BCUT2D eigenvalue weighted by Gasteiger charge is 2.35. The van der Waals surface area contributed by atoms with Crippen molar-refractivity contribution in [1.29, 1.82) is 0 Å². The molecule has 32 heavy (non-hydrogen) atoms. The number of ether oxygens (including phenoxy) is 1. The summed E-state index contributed by atoms with van der Waals surface area (Å²) in [5.74, 6) is -1.50. The predicted octanol–water partition coefficient (Wildman–Crippen LogP) is 4.42. The van der Waals surface area contributed by atoms with Crippen molar-refractivity contribution in [3.05, 3.63) is 80.4 Å². The van der Waals surface area contributed by atoms with Gasteiger partial charge in [-0.3, -0.25) is 9.59 Å². The number of carbonyl (C=O) groups is 2. The molecule has 1 atom stereocenters. The van der Waals surface area contributed by atoms with Gasteiger partial charge in [-0.25, -0.2) is 9.40 Å². The third-order valence-corrected chi connectivity index (χ3v) is 7.02. The Hall–Kier alpha value is -2.88. The third kappa shape index (κ3) is 4.79. The Labute approximate surface area is 193 Å². The molecule has 9 heteroatoms. The zero-order chi connectivity index (χ0) is 22.5. The summed E-state index contributed by atoms with van der Waals surface area (Å²) in [6, 6.07) is 13.4. The smallest absolute Gasteiger partial charge is 0.262 e. The Bertz CT molecular complexity index is 1100. The highest BCUT2D eigenvalue weighted by atomic mass is 32.1. The molecule has 6 nitrogen and oxygen atoms in total. The van der Waals surface area contributed by atoms with Crippen LogP contribution >= 0.6 is 22.7 Å². The summed E-state index contributed by atoms with van der Waals surface area (Å²) in [5, 5.41) is 10.0. The molecule has 166 valence electrons. The monoisotopic (exact) mass is 471 g/mol. The van der Waals surface area contributed by atoms with Crippen LogP contribution in [0.4, 0.5) is 4.39 Å². The molecule has 2 aromatic heterocycles. The van der Waals surface area contributed by atoms with Gasteiger partial charge in [0, 0.05) is 25.0 Å². The van der Waals surface area contributed by atoms with E-state index in [1.165, 1.54) is 35.2 Å². The van der Waals surface area contributed by atoms with Crippen LogP contribution in [0.1, 0.15) is 32.6 Å². The Morgan fingerprint density at radius 3 is 2.62 bits per heavy atom. The molecule has 1 aromatic carbocycles. The molecule has 3 heterocycles. The first-order valence-corrected chi connectivity index (χ1v) is 11.8. The molecule has 0 fully saturated rings. The van der Waals surface area contributed by atoms with Gasteiger partial charge in [-0.05, 0) is 35.0 Å². The number of rotatable bonds is 8. The van der Waals surface area contributed by atoms with Gasteiger partial charge in [0.1, 0.15) is 12.4 Å². The largest absolute Gasteiger partial charge is 0.383 e. The van der Waals surface area contributed by atoms with Gasteiger partial charge < -0.3 is 9.64 Å². The zero-order valence-electron chi connectivity index (χ0n) is 17.4. The van der Waals surface area contributed by atoms with Crippen LogP contribution in [0.25, 0.3) is 0 Å². The quantitative estimate of drug-likeness (QED) is 0.489. The summed E-state index contributed by atoms with van der Waals surface area (Å²) in [5.41, 5.74) is 0.769. The molecular weight excluding hydrogens is 449 g/mol. The topological polar surface area (TPSA) is 62.2 Å². The summed E-state index contributed by atoms with van der Waals surface area (Å²) >= 11 is 3.14. The zero-order valence-corrected chi connectivity index (χ0v) is 19.1. The van der Waals surface area contributed by atoms with Gasteiger partial charge in [-0.15, -0.1) is 22.7 Å². The van der Waals surface area contributed by atoms with E-state index in [9.17, 15) is 14.0 Å². The number of halogens is 1. The van der Waals surface area contributed by atoms with E-state index in [0.717, 1.165) is 15.5 Å². The average molecular weight is 472 g/mol. The van der Waals surface area contributed by atoms with E-state index in [1.807, 2.05) is 35.0 Å². The Morgan fingerprint density at radius 1 is 1.16 bits per heavy atom. The molecule has 4 rings (SSSR count). The number of nitrogens with zero attached hydrogens (tertiary/aromatic N) is 3. The maximum atomic E-state index is 14.2. The molecule has 0 radical (unpaired) electrons. The van der Waals surface area contributed by atoms with E-state index in [1.54, 1.807) is 28.7 Å². The lowest BCUT2D eigenvalue weighted by atomic mass is 10.1. The molecular formula is C23H22FN3O3S2. The van der Waals surface area contributed by atoms with Crippen molar-refractivity contribution in [2.45, 2.75) is 12.5 Å². The number of hydrazone groups is 1. The molecule has 0 N–H and O–H groups in total. The number of methoxy groups -OCH3 is 1. The van der Waals surface area contributed by atoms with Crippen molar-refractivity contribution in [3.8, 4) is 0 Å². The van der Waals surface area contributed by atoms with Gasteiger partial charge in [0.15, 0.2) is 0 Å². The first kappa shape index (κ1) is 22.3. The first-order chi connectivity index (χ1) is 15.6. The molecule has 2 amide bonds. The minimum absolute atomic E-state index is 0.0737. The first-order valence-electron chi connectivity index (χ1n) is 10.1. The van der Waals surface area contributed by atoms with Crippen LogP contribution in [-0.4, -0.2) is 54.2 Å². The molecule has 0 saturated heterocycles. The Kier molecular flexibility index (Phi) is 7.09. The second-order valence-electron chi connectivity index (χ2n) is 7.20. The van der Waals surface area contributed by atoms with Crippen LogP contribution < -0.4 is 0 Å². The molecule has 3 aromatic rings. The summed E-state index contributed by atoms with van der Waals surface area (Å²) in [6.45, 7) is 0.166. The maximum absolute atomic E-state index is 14.2. The fourth-order valence-electron chi connectivity index (χ4n) is 3.53. The van der Waals surface area contributed by atoms with E-state index < -0.39 is 11.7 Å². The number of hydrogen-bond acceptors (Lipinski definition) is 6. The Balaban J connectivity index is 1.59. The molecule has 0 saturated carbocycles. The van der Waals surface area contributed by atoms with Gasteiger partial charge >= 0.3 is 0 Å². The van der Waals surface area contributed by atoms with E-state index in [-0.39, 0.29) is 37.2 Å². The summed E-state index contributed by atoms with van der Waals surface area (Å²) in [4.78, 5) is 29.7. The van der Waals surface area contributed by atoms with Gasteiger partial charge in [0.05, 0.1) is 28.8 Å². The molecule has 0 spiro atoms. The van der Waals surface area contributed by atoms with Crippen LogP contribution in [0.15, 0.2) is 64.4 Å². The van der Waals surface area contributed by atoms with Crippen LogP contribution in [0, 0.1) is 5.82 Å². The molecule has 0 aliphatic carbocycles. The van der Waals surface area contributed by atoms with Crippen molar-refractivity contribution in [1.82, 2.24) is 9.91 Å². The molecule has 1 unspecified atom stereocenters. The van der Waals surface area contributed by atoms with Crippen LogP contribution in [0.2, 0.25) is 0 Å². The van der Waals surface area contributed by atoms with Crippen molar-refractivity contribution in [2.75, 3.05) is 26.8 Å². The second kappa shape index (κ2) is 10.2. The van der Waals surface area contributed by atoms with Gasteiger partial charge in [0.2, 0.25) is 0 Å². The van der Waals surface area contributed by atoms with Crippen LogP contribution in [-0.2, 0) is 9.53 Å². The fourth-order valence-corrected chi connectivity index (χ4v) is 5.06. The fraction of sp³-hybridized carbons (Fsp3) is 0.261. The van der Waals surface area contributed by atoms with E-state index in [2.05, 4.69) is 5.10 Å². The number of amides is 2. The van der Waals surface area contributed by atoms with Crippen LogP contribution in [0.5, 0.6) is 0 Å². The Morgan fingerprint density at radius 2 is 1.94 bits per heavy atom. The molecule has 0 bridgehead atoms. The highest BCUT2D eigenvalue weighted by molar-refractivity contribution is 7.12. The average Bonchev–Trinajstić information content (AvgIpc) is 3.56. The van der Waals surface area contributed by atoms with Gasteiger partial charge in [0.25, 0.3) is 11.8 Å². The van der Waals surface area contributed by atoms with Crippen molar-refractivity contribution >= 4 is 40.2 Å². The third-order valence-electron chi connectivity index (χ3n) is 5.13. The number of carbonyl (C=O) groups excluding carboxylic acids is 2. The van der Waals surface area contributed by atoms with Gasteiger partial charge in [-0.1, -0.05) is 24.3 Å². The van der Waals surface area contributed by atoms with E-state index in [0.29, 0.717) is 6.42 Å². The maximum Gasteiger partial charge on any atom is 0.262 e. The minimum Gasteiger partial charge on any atom is -0.383 e. The van der Waals surface area contributed by atoms with Gasteiger partial charge in [-0.2, -0.15) is 5.10 Å². The summed E-state index contributed by atoms with van der Waals surface area (Å²) < 4.78 is 19.3. The van der Waals surface area contributed by atoms with Crippen molar-refractivity contribution in [2.24, 2.45) is 5.10 Å². The number of hydrogen-bond donors (Lipinski definition) is 0. The number of benzene rings is 1. The lowest BCUT2D eigenvalue weighted by Gasteiger charge is -2.26. The second-order valence-corrected chi connectivity index (χ2v) is 9.12. The van der Waals surface area contributed by atoms with Crippen molar-refractivity contribution in [3.63, 3.8) is 0 Å². The summed E-state index contributed by atoms with van der Waals surface area (Å²) in [7, 11) is 1.51. The number of thiophene rings is 2. The summed E-state index contributed by atoms with van der Waals surface area (Å²) in [6.07, 6.45) is 0.603. The molecule has 1 aliphatic rings. The normalized spacial score (nSPS) is 15.6. The lowest BCUT2D eigenvalue weighted by Crippen LogP contribution is -2.43. The predicted molar refractivity (Wildman–Crippen MR) is 124 cm³/mol. The van der Waals surface area contributed by atoms with Crippen molar-refractivity contribution < 1.29 is 18.7 Å². The van der Waals surface area contributed by atoms with E-state index >= 15 is 0 Å². The highest BCUT2D eigenvalue weighted by Crippen LogP contribution is 2.36. The van der Waals surface area contributed by atoms with Crippen LogP contribution in [0.3, 0.4) is 0 Å². The minimum atomic E-state index is -0.622.